The highest BCUT2D eigenvalue weighted by Crippen LogP contribution is 2.34. The zero-order valence-corrected chi connectivity index (χ0v) is 15.0. The van der Waals surface area contributed by atoms with Crippen LogP contribution in [0.25, 0.3) is 0 Å². The Balaban J connectivity index is 2.12. The van der Waals surface area contributed by atoms with Gasteiger partial charge in [-0.15, -0.1) is 0 Å². The fourth-order valence-corrected chi connectivity index (χ4v) is 2.46. The highest BCUT2D eigenvalue weighted by atomic mass is 79.9. The summed E-state index contributed by atoms with van der Waals surface area (Å²) >= 11 is 3.01. The Hall–Kier alpha value is -3.27. The standard InChI is InChI=1S/C16H13BrN4O5/c1-9(22)19-12-4-2-3-11(7-12)16(24)20-18-8-10-5-13(17)15(23)14(6-10)21(25)26/h2-8,23H,1H3,(H,19,22)(H,20,24)/b18-8-. The molecule has 134 valence electrons. The Morgan fingerprint density at radius 3 is 2.69 bits per heavy atom. The third kappa shape index (κ3) is 4.86. The van der Waals surface area contributed by atoms with Crippen molar-refractivity contribution in [1.29, 1.82) is 0 Å². The summed E-state index contributed by atoms with van der Waals surface area (Å²) in [6, 6.07) is 8.79. The molecule has 0 bridgehead atoms. The van der Waals surface area contributed by atoms with Gasteiger partial charge in [-0.25, -0.2) is 5.43 Å². The fourth-order valence-electron chi connectivity index (χ4n) is 1.99. The summed E-state index contributed by atoms with van der Waals surface area (Å²) in [6.45, 7) is 1.35. The molecule has 0 atom stereocenters. The van der Waals surface area contributed by atoms with E-state index in [1.807, 2.05) is 0 Å². The second-order valence-corrected chi connectivity index (χ2v) is 5.94. The molecule has 0 saturated heterocycles. The average Bonchev–Trinajstić information content (AvgIpc) is 2.57. The van der Waals surface area contributed by atoms with Gasteiger partial charge in [-0.05, 0) is 40.2 Å². The molecule has 2 amide bonds. The number of hydrazone groups is 1. The van der Waals surface area contributed by atoms with Crippen LogP contribution < -0.4 is 10.7 Å². The maximum absolute atomic E-state index is 12.1. The molecule has 0 aliphatic rings. The number of anilines is 1. The van der Waals surface area contributed by atoms with Crippen molar-refractivity contribution in [2.45, 2.75) is 6.92 Å². The summed E-state index contributed by atoms with van der Waals surface area (Å²) in [5, 5.41) is 26.8. The Morgan fingerprint density at radius 2 is 2.04 bits per heavy atom. The van der Waals surface area contributed by atoms with Crippen molar-refractivity contribution in [1.82, 2.24) is 5.43 Å². The van der Waals surface area contributed by atoms with E-state index in [0.29, 0.717) is 11.3 Å². The van der Waals surface area contributed by atoms with E-state index >= 15 is 0 Å². The molecular weight excluding hydrogens is 408 g/mol. The van der Waals surface area contributed by atoms with Gasteiger partial charge in [-0.2, -0.15) is 5.10 Å². The zero-order valence-electron chi connectivity index (χ0n) is 13.4. The van der Waals surface area contributed by atoms with E-state index in [1.165, 1.54) is 31.3 Å². The number of nitro groups is 1. The number of carbonyl (C=O) groups excluding carboxylic acids is 2. The number of nitro benzene ring substituents is 1. The smallest absolute Gasteiger partial charge is 0.312 e. The summed E-state index contributed by atoms with van der Waals surface area (Å²) < 4.78 is 0.127. The Bertz CT molecular complexity index is 914. The van der Waals surface area contributed by atoms with E-state index in [-0.39, 0.29) is 15.9 Å². The highest BCUT2D eigenvalue weighted by Gasteiger charge is 2.17. The number of nitrogens with one attached hydrogen (secondary N) is 2. The molecule has 2 aromatic rings. The number of amides is 2. The minimum Gasteiger partial charge on any atom is -0.501 e. The summed E-state index contributed by atoms with van der Waals surface area (Å²) in [6.07, 6.45) is 1.20. The first-order chi connectivity index (χ1) is 12.3. The predicted molar refractivity (Wildman–Crippen MR) is 98.3 cm³/mol. The van der Waals surface area contributed by atoms with Crippen molar-refractivity contribution in [2.75, 3.05) is 5.32 Å². The molecule has 3 N–H and O–H groups in total. The number of benzene rings is 2. The van der Waals surface area contributed by atoms with Gasteiger partial charge in [0.2, 0.25) is 11.7 Å². The quantitative estimate of drug-likeness (QED) is 0.388. The van der Waals surface area contributed by atoms with E-state index in [2.05, 4.69) is 31.8 Å². The van der Waals surface area contributed by atoms with E-state index < -0.39 is 22.3 Å². The molecule has 0 radical (unpaired) electrons. The lowest BCUT2D eigenvalue weighted by Gasteiger charge is -2.05. The number of halogens is 1. The van der Waals surface area contributed by atoms with Crippen molar-refractivity contribution in [3.05, 3.63) is 62.1 Å². The van der Waals surface area contributed by atoms with E-state index in [9.17, 15) is 24.8 Å². The number of phenols is 1. The fraction of sp³-hybridized carbons (Fsp3) is 0.0625. The minimum atomic E-state index is -0.733. The van der Waals surface area contributed by atoms with Gasteiger partial charge >= 0.3 is 5.69 Å². The molecule has 0 aliphatic heterocycles. The molecule has 2 rings (SSSR count). The molecule has 0 fully saturated rings. The van der Waals surface area contributed by atoms with Crippen LogP contribution in [-0.4, -0.2) is 28.1 Å². The largest absolute Gasteiger partial charge is 0.501 e. The molecule has 0 aromatic heterocycles. The maximum Gasteiger partial charge on any atom is 0.312 e. The van der Waals surface area contributed by atoms with E-state index in [1.54, 1.807) is 12.1 Å². The van der Waals surface area contributed by atoms with Crippen LogP contribution in [0.15, 0.2) is 46.0 Å². The second kappa shape index (κ2) is 8.21. The third-order valence-electron chi connectivity index (χ3n) is 3.09. The van der Waals surface area contributed by atoms with Crippen molar-refractivity contribution in [2.24, 2.45) is 5.10 Å². The van der Waals surface area contributed by atoms with Crippen LogP contribution in [0, 0.1) is 10.1 Å². The molecule has 9 nitrogen and oxygen atoms in total. The maximum atomic E-state index is 12.1. The number of nitrogens with zero attached hydrogens (tertiary/aromatic N) is 2. The molecule has 0 heterocycles. The number of phenolic OH excluding ortho intramolecular Hbond substituents is 1. The lowest BCUT2D eigenvalue weighted by molar-refractivity contribution is -0.386. The van der Waals surface area contributed by atoms with Gasteiger partial charge in [0.1, 0.15) is 0 Å². The molecule has 0 aliphatic carbocycles. The van der Waals surface area contributed by atoms with Crippen LogP contribution >= 0.6 is 15.9 Å². The molecule has 2 aromatic carbocycles. The van der Waals surface area contributed by atoms with Crippen LogP contribution in [0.2, 0.25) is 0 Å². The normalized spacial score (nSPS) is 10.5. The number of aromatic hydroxyl groups is 1. The number of hydrogen-bond donors (Lipinski definition) is 3. The molecule has 26 heavy (non-hydrogen) atoms. The SMILES string of the molecule is CC(=O)Nc1cccc(C(=O)N/N=C\c2cc(Br)c(O)c([N+](=O)[O-])c2)c1. The number of hydrogen-bond acceptors (Lipinski definition) is 6. The lowest BCUT2D eigenvalue weighted by Crippen LogP contribution is -2.18. The number of rotatable bonds is 5. The molecule has 0 unspecified atom stereocenters. The summed E-state index contributed by atoms with van der Waals surface area (Å²) in [5.74, 6) is -1.29. The third-order valence-corrected chi connectivity index (χ3v) is 3.69. The minimum absolute atomic E-state index is 0.127. The van der Waals surface area contributed by atoms with Gasteiger partial charge in [-0.3, -0.25) is 19.7 Å². The molecule has 10 heteroatoms. The summed E-state index contributed by atoms with van der Waals surface area (Å²) in [5.41, 5.74) is 2.82. The average molecular weight is 421 g/mol. The van der Waals surface area contributed by atoms with Crippen LogP contribution in [0.3, 0.4) is 0 Å². The van der Waals surface area contributed by atoms with Crippen molar-refractivity contribution < 1.29 is 19.6 Å². The van der Waals surface area contributed by atoms with Crippen molar-refractivity contribution >= 4 is 45.3 Å². The zero-order chi connectivity index (χ0) is 19.3. The Morgan fingerprint density at radius 1 is 1.31 bits per heavy atom. The summed E-state index contributed by atoms with van der Waals surface area (Å²) in [4.78, 5) is 33.3. The van der Waals surface area contributed by atoms with Gasteiger partial charge < -0.3 is 10.4 Å². The Labute approximate surface area is 156 Å². The van der Waals surface area contributed by atoms with Crippen LogP contribution in [0.1, 0.15) is 22.8 Å². The first kappa shape index (κ1) is 19.1. The first-order valence-electron chi connectivity index (χ1n) is 7.16. The second-order valence-electron chi connectivity index (χ2n) is 5.09. The monoisotopic (exact) mass is 420 g/mol. The van der Waals surface area contributed by atoms with E-state index in [4.69, 9.17) is 0 Å². The van der Waals surface area contributed by atoms with Gasteiger partial charge in [0.25, 0.3) is 5.91 Å². The lowest BCUT2D eigenvalue weighted by atomic mass is 10.2. The molecular formula is C16H13BrN4O5. The van der Waals surface area contributed by atoms with Gasteiger partial charge in [0.15, 0.2) is 0 Å². The molecule has 0 saturated carbocycles. The number of carbonyl (C=O) groups is 2. The van der Waals surface area contributed by atoms with Crippen molar-refractivity contribution in [3.63, 3.8) is 0 Å². The predicted octanol–water partition coefficient (Wildman–Crippen LogP) is 2.79. The summed E-state index contributed by atoms with van der Waals surface area (Å²) in [7, 11) is 0. The molecule has 0 spiro atoms. The Kier molecular flexibility index (Phi) is 6.02. The van der Waals surface area contributed by atoms with Gasteiger partial charge in [0, 0.05) is 29.8 Å². The first-order valence-corrected chi connectivity index (χ1v) is 7.95. The highest BCUT2D eigenvalue weighted by molar-refractivity contribution is 9.10. The topological polar surface area (TPSA) is 134 Å². The van der Waals surface area contributed by atoms with Gasteiger partial charge in [0.05, 0.1) is 15.6 Å². The van der Waals surface area contributed by atoms with Crippen LogP contribution in [-0.2, 0) is 4.79 Å². The van der Waals surface area contributed by atoms with Gasteiger partial charge in [-0.1, -0.05) is 6.07 Å². The van der Waals surface area contributed by atoms with Crippen LogP contribution in [0.4, 0.5) is 11.4 Å². The van der Waals surface area contributed by atoms with Crippen molar-refractivity contribution in [3.8, 4) is 5.75 Å². The van der Waals surface area contributed by atoms with Crippen LogP contribution in [0.5, 0.6) is 5.75 Å². The van der Waals surface area contributed by atoms with E-state index in [0.717, 1.165) is 6.07 Å².